The Kier molecular flexibility index (Phi) is 5.65. The molecule has 1 aromatic heterocycles. The van der Waals surface area contributed by atoms with Crippen LogP contribution < -0.4 is 4.74 Å². The van der Waals surface area contributed by atoms with E-state index in [0.717, 1.165) is 36.2 Å². The van der Waals surface area contributed by atoms with Crippen molar-refractivity contribution in [1.29, 1.82) is 0 Å². The highest BCUT2D eigenvalue weighted by Gasteiger charge is 2.12. The second kappa shape index (κ2) is 7.48. The molecule has 1 aromatic carbocycles. The topological polar surface area (TPSA) is 27.1 Å². The number of ether oxygens (including phenoxy) is 1. The summed E-state index contributed by atoms with van der Waals surface area (Å²) in [7, 11) is 3.78. The summed E-state index contributed by atoms with van der Waals surface area (Å²) in [6, 6.07) is 8.26. The molecule has 2 aromatic rings. The average Bonchev–Trinajstić information content (AvgIpc) is 2.89. The summed E-state index contributed by atoms with van der Waals surface area (Å²) in [5, 5.41) is 0.996. The average molecular weight is 337 g/mol. The van der Waals surface area contributed by atoms with Crippen LogP contribution in [0, 0.1) is 5.92 Å². The number of aryl methyl sites for hydroxylation is 2. The summed E-state index contributed by atoms with van der Waals surface area (Å²) in [6.45, 7) is 0. The van der Waals surface area contributed by atoms with Crippen molar-refractivity contribution in [2.75, 3.05) is 12.4 Å². The standard InChI is InChI=1S/C16H21BrN2O/c1-19-10-9-18-16(19)8-7-13(12-17)11-14-5-3-4-6-15(14)20-2/h3-6,9-10,13H,7-8,11-12H2,1-2H3. The molecule has 0 spiro atoms. The highest BCUT2D eigenvalue weighted by molar-refractivity contribution is 9.09. The number of hydrogen-bond donors (Lipinski definition) is 0. The Morgan fingerprint density at radius 1 is 1.35 bits per heavy atom. The molecular weight excluding hydrogens is 316 g/mol. The molecule has 0 N–H and O–H groups in total. The minimum atomic E-state index is 0.586. The lowest BCUT2D eigenvalue weighted by Crippen LogP contribution is -2.10. The van der Waals surface area contributed by atoms with Crippen molar-refractivity contribution < 1.29 is 4.74 Å². The molecule has 4 heteroatoms. The van der Waals surface area contributed by atoms with E-state index in [1.54, 1.807) is 7.11 Å². The molecule has 1 atom stereocenters. The van der Waals surface area contributed by atoms with Gasteiger partial charge in [-0.2, -0.15) is 0 Å². The Balaban J connectivity index is 1.97. The highest BCUT2D eigenvalue weighted by atomic mass is 79.9. The first-order chi connectivity index (χ1) is 9.74. The molecule has 2 rings (SSSR count). The summed E-state index contributed by atoms with van der Waals surface area (Å²) in [5.74, 6) is 2.72. The fraction of sp³-hybridized carbons (Fsp3) is 0.438. The van der Waals surface area contributed by atoms with Crippen LogP contribution in [0.5, 0.6) is 5.75 Å². The SMILES string of the molecule is COc1ccccc1CC(CBr)CCc1nccn1C. The van der Waals surface area contributed by atoms with Crippen molar-refractivity contribution in [2.24, 2.45) is 13.0 Å². The summed E-state index contributed by atoms with van der Waals surface area (Å²) in [4.78, 5) is 4.39. The third-order valence-corrected chi connectivity index (χ3v) is 4.53. The van der Waals surface area contributed by atoms with Crippen LogP contribution in [0.2, 0.25) is 0 Å². The van der Waals surface area contributed by atoms with Gasteiger partial charge in [-0.15, -0.1) is 0 Å². The van der Waals surface area contributed by atoms with Gasteiger partial charge in [0, 0.05) is 31.2 Å². The van der Waals surface area contributed by atoms with Gasteiger partial charge in [0.05, 0.1) is 7.11 Å². The Hall–Kier alpha value is -1.29. The highest BCUT2D eigenvalue weighted by Crippen LogP contribution is 2.24. The normalized spacial score (nSPS) is 12.3. The van der Waals surface area contributed by atoms with Crippen molar-refractivity contribution in [1.82, 2.24) is 9.55 Å². The number of para-hydroxylation sites is 1. The van der Waals surface area contributed by atoms with E-state index < -0.39 is 0 Å². The van der Waals surface area contributed by atoms with E-state index >= 15 is 0 Å². The minimum absolute atomic E-state index is 0.586. The Labute approximate surface area is 129 Å². The predicted molar refractivity (Wildman–Crippen MR) is 85.5 cm³/mol. The third-order valence-electron chi connectivity index (χ3n) is 3.62. The van der Waals surface area contributed by atoms with Gasteiger partial charge < -0.3 is 9.30 Å². The lowest BCUT2D eigenvalue weighted by Gasteiger charge is -2.16. The maximum absolute atomic E-state index is 5.43. The Morgan fingerprint density at radius 3 is 2.80 bits per heavy atom. The molecule has 108 valence electrons. The number of imidazole rings is 1. The first-order valence-electron chi connectivity index (χ1n) is 6.88. The lowest BCUT2D eigenvalue weighted by atomic mass is 9.96. The molecule has 1 unspecified atom stereocenters. The van der Waals surface area contributed by atoms with E-state index in [1.807, 2.05) is 31.6 Å². The second-order valence-corrected chi connectivity index (χ2v) is 5.68. The van der Waals surface area contributed by atoms with Gasteiger partial charge in [-0.25, -0.2) is 4.98 Å². The van der Waals surface area contributed by atoms with E-state index in [-0.39, 0.29) is 0 Å². The molecule has 0 saturated carbocycles. The Bertz CT molecular complexity index is 539. The lowest BCUT2D eigenvalue weighted by molar-refractivity contribution is 0.404. The summed E-state index contributed by atoms with van der Waals surface area (Å²) in [5.41, 5.74) is 1.28. The number of hydrogen-bond acceptors (Lipinski definition) is 2. The molecule has 3 nitrogen and oxygen atoms in total. The zero-order valence-electron chi connectivity index (χ0n) is 12.1. The van der Waals surface area contributed by atoms with Crippen LogP contribution in [0.3, 0.4) is 0 Å². The van der Waals surface area contributed by atoms with E-state index in [1.165, 1.54) is 5.56 Å². The van der Waals surface area contributed by atoms with Crippen molar-refractivity contribution >= 4 is 15.9 Å². The number of nitrogens with zero attached hydrogens (tertiary/aromatic N) is 2. The number of alkyl halides is 1. The van der Waals surface area contributed by atoms with Crippen molar-refractivity contribution in [3.05, 3.63) is 48.0 Å². The minimum Gasteiger partial charge on any atom is -0.496 e. The van der Waals surface area contributed by atoms with Gasteiger partial charge in [0.15, 0.2) is 0 Å². The number of methoxy groups -OCH3 is 1. The van der Waals surface area contributed by atoms with E-state index in [9.17, 15) is 0 Å². The van der Waals surface area contributed by atoms with Gasteiger partial charge in [-0.05, 0) is 30.4 Å². The maximum Gasteiger partial charge on any atom is 0.122 e. The smallest absolute Gasteiger partial charge is 0.122 e. The van der Waals surface area contributed by atoms with Gasteiger partial charge >= 0.3 is 0 Å². The van der Waals surface area contributed by atoms with Crippen molar-refractivity contribution in [3.63, 3.8) is 0 Å². The van der Waals surface area contributed by atoms with Crippen molar-refractivity contribution in [3.8, 4) is 5.75 Å². The summed E-state index contributed by atoms with van der Waals surface area (Å²) in [6.07, 6.45) is 7.01. The van der Waals surface area contributed by atoms with Gasteiger partial charge in [-0.3, -0.25) is 0 Å². The molecule has 0 aliphatic rings. The zero-order valence-corrected chi connectivity index (χ0v) is 13.6. The molecule has 0 radical (unpaired) electrons. The predicted octanol–water partition coefficient (Wildman–Crippen LogP) is 3.62. The monoisotopic (exact) mass is 336 g/mol. The maximum atomic E-state index is 5.43. The molecule has 0 saturated heterocycles. The van der Waals surface area contributed by atoms with Crippen molar-refractivity contribution in [2.45, 2.75) is 19.3 Å². The molecule has 0 fully saturated rings. The molecule has 20 heavy (non-hydrogen) atoms. The van der Waals surface area contributed by atoms with Gasteiger partial charge in [0.1, 0.15) is 11.6 Å². The van der Waals surface area contributed by atoms with Crippen LogP contribution in [0.25, 0.3) is 0 Å². The second-order valence-electron chi connectivity index (χ2n) is 5.03. The molecule has 0 bridgehead atoms. The molecule has 0 amide bonds. The number of aromatic nitrogens is 2. The van der Waals surface area contributed by atoms with E-state index in [0.29, 0.717) is 5.92 Å². The van der Waals surface area contributed by atoms with Crippen LogP contribution in [0.1, 0.15) is 17.8 Å². The largest absolute Gasteiger partial charge is 0.496 e. The third kappa shape index (κ3) is 3.85. The first kappa shape index (κ1) is 15.1. The van der Waals surface area contributed by atoms with E-state index in [4.69, 9.17) is 4.74 Å². The van der Waals surface area contributed by atoms with Crippen LogP contribution in [-0.4, -0.2) is 22.0 Å². The van der Waals surface area contributed by atoms with Crippen LogP contribution in [0.15, 0.2) is 36.7 Å². The molecular formula is C16H21BrN2O. The quantitative estimate of drug-likeness (QED) is 0.722. The van der Waals surface area contributed by atoms with Gasteiger partial charge in [-0.1, -0.05) is 34.1 Å². The fourth-order valence-corrected chi connectivity index (χ4v) is 2.94. The molecule has 1 heterocycles. The fourth-order valence-electron chi connectivity index (χ4n) is 2.39. The zero-order chi connectivity index (χ0) is 14.4. The number of halogens is 1. The summed E-state index contributed by atoms with van der Waals surface area (Å²) < 4.78 is 7.52. The number of rotatable bonds is 7. The van der Waals surface area contributed by atoms with Crippen LogP contribution >= 0.6 is 15.9 Å². The van der Waals surface area contributed by atoms with Gasteiger partial charge in [0.2, 0.25) is 0 Å². The summed E-state index contributed by atoms with van der Waals surface area (Å²) >= 11 is 3.63. The van der Waals surface area contributed by atoms with Crippen LogP contribution in [0.4, 0.5) is 0 Å². The molecule has 0 aliphatic carbocycles. The number of benzene rings is 1. The van der Waals surface area contributed by atoms with Crippen LogP contribution in [-0.2, 0) is 19.9 Å². The first-order valence-corrected chi connectivity index (χ1v) is 8.00. The van der Waals surface area contributed by atoms with E-state index in [2.05, 4.69) is 37.6 Å². The molecule has 0 aliphatic heterocycles. The van der Waals surface area contributed by atoms with Gasteiger partial charge in [0.25, 0.3) is 0 Å². The Morgan fingerprint density at radius 2 is 2.15 bits per heavy atom.